The second-order valence-electron chi connectivity index (χ2n) is 4.23. The molecular formula is C14H14Cl2FNS. The van der Waals surface area contributed by atoms with Gasteiger partial charge in [0.2, 0.25) is 0 Å². The van der Waals surface area contributed by atoms with Crippen LogP contribution in [0.25, 0.3) is 0 Å². The van der Waals surface area contributed by atoms with Crippen molar-refractivity contribution in [3.05, 3.63) is 55.4 Å². The molecule has 0 aliphatic rings. The van der Waals surface area contributed by atoms with Crippen molar-refractivity contribution in [3.8, 4) is 0 Å². The van der Waals surface area contributed by atoms with Gasteiger partial charge in [-0.15, -0.1) is 11.3 Å². The first-order valence-electron chi connectivity index (χ1n) is 5.97. The number of nitrogens with one attached hydrogen (secondary N) is 1. The molecule has 19 heavy (non-hydrogen) atoms. The molecule has 0 radical (unpaired) electrons. The predicted octanol–water partition coefficient (Wildman–Crippen LogP) is 5.20. The minimum absolute atomic E-state index is 0.269. The van der Waals surface area contributed by atoms with E-state index in [2.05, 4.69) is 5.32 Å². The summed E-state index contributed by atoms with van der Waals surface area (Å²) in [5.74, 6) is -0.305. The SMILES string of the molecule is CCNC(c1cc(C)c(Cl)s1)c1c(F)cccc1Cl. The van der Waals surface area contributed by atoms with Crippen molar-refractivity contribution in [2.45, 2.75) is 19.9 Å². The lowest BCUT2D eigenvalue weighted by atomic mass is 10.0. The van der Waals surface area contributed by atoms with Crippen molar-refractivity contribution in [2.75, 3.05) is 6.54 Å². The van der Waals surface area contributed by atoms with Crippen LogP contribution in [0, 0.1) is 12.7 Å². The minimum atomic E-state index is -0.305. The molecule has 1 aromatic carbocycles. The van der Waals surface area contributed by atoms with Crippen LogP contribution in [0.15, 0.2) is 24.3 Å². The predicted molar refractivity (Wildman–Crippen MR) is 81.0 cm³/mol. The minimum Gasteiger partial charge on any atom is -0.306 e. The second-order valence-corrected chi connectivity index (χ2v) is 6.32. The van der Waals surface area contributed by atoms with Gasteiger partial charge >= 0.3 is 0 Å². The highest BCUT2D eigenvalue weighted by Gasteiger charge is 2.22. The highest BCUT2D eigenvalue weighted by Crippen LogP contribution is 2.37. The van der Waals surface area contributed by atoms with Gasteiger partial charge in [-0.1, -0.05) is 36.2 Å². The molecule has 5 heteroatoms. The maximum Gasteiger partial charge on any atom is 0.129 e. The third kappa shape index (κ3) is 3.11. The number of rotatable bonds is 4. The average molecular weight is 318 g/mol. The third-order valence-corrected chi connectivity index (χ3v) is 4.81. The van der Waals surface area contributed by atoms with Crippen LogP contribution in [-0.2, 0) is 0 Å². The number of halogens is 3. The Bertz CT molecular complexity index is 543. The van der Waals surface area contributed by atoms with Gasteiger partial charge in [-0.2, -0.15) is 0 Å². The summed E-state index contributed by atoms with van der Waals surface area (Å²) in [5, 5.41) is 3.69. The standard InChI is InChI=1S/C14H14Cl2FNS/c1-3-18-13(11-7-8(2)14(16)19-11)12-9(15)5-4-6-10(12)17/h4-7,13,18H,3H2,1-2H3. The van der Waals surface area contributed by atoms with Crippen LogP contribution in [0.2, 0.25) is 9.36 Å². The van der Waals surface area contributed by atoms with Gasteiger partial charge in [-0.05, 0) is 37.2 Å². The lowest BCUT2D eigenvalue weighted by Gasteiger charge is -2.19. The zero-order valence-electron chi connectivity index (χ0n) is 10.6. The molecule has 0 amide bonds. The summed E-state index contributed by atoms with van der Waals surface area (Å²) in [6.45, 7) is 4.63. The zero-order valence-corrected chi connectivity index (χ0v) is 13.0. The van der Waals surface area contributed by atoms with Crippen molar-refractivity contribution in [3.63, 3.8) is 0 Å². The van der Waals surface area contributed by atoms with Gasteiger partial charge in [-0.3, -0.25) is 0 Å². The van der Waals surface area contributed by atoms with Gasteiger partial charge in [0.15, 0.2) is 0 Å². The zero-order chi connectivity index (χ0) is 14.0. The molecule has 1 unspecified atom stereocenters. The van der Waals surface area contributed by atoms with Gasteiger partial charge in [-0.25, -0.2) is 4.39 Å². The van der Waals surface area contributed by atoms with Crippen molar-refractivity contribution < 1.29 is 4.39 Å². The van der Waals surface area contributed by atoms with Crippen LogP contribution in [0.3, 0.4) is 0 Å². The monoisotopic (exact) mass is 317 g/mol. The highest BCUT2D eigenvalue weighted by molar-refractivity contribution is 7.16. The number of aryl methyl sites for hydroxylation is 1. The fourth-order valence-electron chi connectivity index (χ4n) is 1.96. The largest absolute Gasteiger partial charge is 0.306 e. The molecule has 0 saturated carbocycles. The van der Waals surface area contributed by atoms with E-state index in [0.29, 0.717) is 17.1 Å². The Balaban J connectivity index is 2.51. The average Bonchev–Trinajstić information content (AvgIpc) is 2.68. The van der Waals surface area contributed by atoms with E-state index in [1.165, 1.54) is 17.4 Å². The van der Waals surface area contributed by atoms with Crippen molar-refractivity contribution in [1.29, 1.82) is 0 Å². The van der Waals surface area contributed by atoms with Crippen molar-refractivity contribution >= 4 is 34.5 Å². The summed E-state index contributed by atoms with van der Waals surface area (Å²) in [4.78, 5) is 0.969. The Morgan fingerprint density at radius 3 is 2.63 bits per heavy atom. The van der Waals surface area contributed by atoms with E-state index in [4.69, 9.17) is 23.2 Å². The van der Waals surface area contributed by atoms with E-state index in [-0.39, 0.29) is 11.9 Å². The molecule has 2 aromatic rings. The fraction of sp³-hybridized carbons (Fsp3) is 0.286. The molecule has 0 fully saturated rings. The van der Waals surface area contributed by atoms with Crippen LogP contribution in [0.5, 0.6) is 0 Å². The first-order valence-corrected chi connectivity index (χ1v) is 7.55. The second kappa shape index (κ2) is 6.23. The van der Waals surface area contributed by atoms with Gasteiger partial charge < -0.3 is 5.32 Å². The van der Waals surface area contributed by atoms with E-state index >= 15 is 0 Å². The maximum atomic E-state index is 14.1. The van der Waals surface area contributed by atoms with E-state index in [9.17, 15) is 4.39 Å². The topological polar surface area (TPSA) is 12.0 Å². The summed E-state index contributed by atoms with van der Waals surface area (Å²) in [6, 6.07) is 6.44. The Hall–Kier alpha value is -0.610. The number of hydrogen-bond acceptors (Lipinski definition) is 2. The molecule has 1 nitrogen and oxygen atoms in total. The molecule has 2 rings (SSSR count). The summed E-state index contributed by atoms with van der Waals surface area (Å²) in [7, 11) is 0. The smallest absolute Gasteiger partial charge is 0.129 e. The Labute approximate surface area is 126 Å². The van der Waals surface area contributed by atoms with Crippen LogP contribution in [0.1, 0.15) is 29.0 Å². The van der Waals surface area contributed by atoms with E-state index in [1.807, 2.05) is 19.9 Å². The third-order valence-electron chi connectivity index (χ3n) is 2.86. The van der Waals surface area contributed by atoms with Gasteiger partial charge in [0.05, 0.1) is 10.4 Å². The highest BCUT2D eigenvalue weighted by atomic mass is 35.5. The van der Waals surface area contributed by atoms with Crippen LogP contribution >= 0.6 is 34.5 Å². The lowest BCUT2D eigenvalue weighted by molar-refractivity contribution is 0.563. The summed E-state index contributed by atoms with van der Waals surface area (Å²) in [5.41, 5.74) is 1.47. The molecule has 0 bridgehead atoms. The first-order chi connectivity index (χ1) is 9.04. The number of hydrogen-bond donors (Lipinski definition) is 1. The van der Waals surface area contributed by atoms with Gasteiger partial charge in [0.1, 0.15) is 5.82 Å². The molecule has 1 N–H and O–H groups in total. The van der Waals surface area contributed by atoms with E-state index < -0.39 is 0 Å². The summed E-state index contributed by atoms with van der Waals surface area (Å²) < 4.78 is 14.8. The summed E-state index contributed by atoms with van der Waals surface area (Å²) in [6.07, 6.45) is 0. The molecular weight excluding hydrogens is 304 g/mol. The Morgan fingerprint density at radius 2 is 2.11 bits per heavy atom. The quantitative estimate of drug-likeness (QED) is 0.817. The molecule has 0 aliphatic heterocycles. The molecule has 1 atom stereocenters. The Morgan fingerprint density at radius 1 is 1.37 bits per heavy atom. The molecule has 0 aliphatic carbocycles. The van der Waals surface area contributed by atoms with Crippen LogP contribution < -0.4 is 5.32 Å². The molecule has 1 heterocycles. The van der Waals surface area contributed by atoms with E-state index in [0.717, 1.165) is 14.8 Å². The Kier molecular flexibility index (Phi) is 4.85. The molecule has 0 spiro atoms. The molecule has 102 valence electrons. The normalized spacial score (nSPS) is 12.7. The van der Waals surface area contributed by atoms with Gasteiger partial charge in [0.25, 0.3) is 0 Å². The fourth-order valence-corrected chi connectivity index (χ4v) is 3.54. The van der Waals surface area contributed by atoms with Gasteiger partial charge in [0, 0.05) is 15.5 Å². The van der Waals surface area contributed by atoms with E-state index in [1.54, 1.807) is 12.1 Å². The lowest BCUT2D eigenvalue weighted by Crippen LogP contribution is -2.22. The number of thiophene rings is 1. The first kappa shape index (κ1) is 14.8. The van der Waals surface area contributed by atoms with Crippen LogP contribution in [0.4, 0.5) is 4.39 Å². The van der Waals surface area contributed by atoms with Crippen molar-refractivity contribution in [2.24, 2.45) is 0 Å². The summed E-state index contributed by atoms with van der Waals surface area (Å²) >= 11 is 13.7. The van der Waals surface area contributed by atoms with Crippen molar-refractivity contribution in [1.82, 2.24) is 5.32 Å². The molecule has 0 saturated heterocycles. The maximum absolute atomic E-state index is 14.1. The molecule has 1 aromatic heterocycles. The van der Waals surface area contributed by atoms with Crippen LogP contribution in [-0.4, -0.2) is 6.54 Å². The number of benzene rings is 1.